The maximum Gasteiger partial charge on any atom is 0.304 e. The third-order valence-electron chi connectivity index (χ3n) is 2.84. The average Bonchev–Trinajstić information content (AvgIpc) is 2.89. The molecule has 1 heterocycles. The van der Waals surface area contributed by atoms with Crippen molar-refractivity contribution >= 4 is 17.2 Å². The Kier molecular flexibility index (Phi) is 4.93. The van der Waals surface area contributed by atoms with Crippen LogP contribution >= 0.6 is 11.3 Å². The van der Waals surface area contributed by atoms with Gasteiger partial charge in [-0.05, 0) is 24.6 Å². The minimum atomic E-state index is -0.210. The Morgan fingerprint density at radius 2 is 2.29 bits per heavy atom. The third kappa shape index (κ3) is 4.05. The molecule has 2 rings (SSSR count). The molecule has 108 valence electrons. The van der Waals surface area contributed by atoms with Gasteiger partial charge in [-0.15, -0.1) is 0 Å². The first-order valence-electron chi connectivity index (χ1n) is 6.34. The topological polar surface area (TPSA) is 88.0 Å². The number of thiazole rings is 1. The van der Waals surface area contributed by atoms with Crippen molar-refractivity contribution in [2.45, 2.75) is 13.5 Å². The highest BCUT2D eigenvalue weighted by Crippen LogP contribution is 2.10. The standard InChI is InChI=1S/C15H15N3O2S/c1-10-4-5-12(7-11(10)3-2-6-16)14(19)17-8-13-9-21-15(20)18-13/h4-5,7,9H,6,8,16H2,1H3,(H,17,19)(H,18,20). The zero-order valence-corrected chi connectivity index (χ0v) is 12.3. The summed E-state index contributed by atoms with van der Waals surface area (Å²) in [4.78, 5) is 25.6. The molecule has 0 fully saturated rings. The normalized spacial score (nSPS) is 9.81. The van der Waals surface area contributed by atoms with Crippen LogP contribution in [0.2, 0.25) is 0 Å². The Morgan fingerprint density at radius 1 is 1.48 bits per heavy atom. The van der Waals surface area contributed by atoms with Crippen LogP contribution in [0.25, 0.3) is 0 Å². The summed E-state index contributed by atoms with van der Waals surface area (Å²) in [5.74, 6) is 5.51. The van der Waals surface area contributed by atoms with Gasteiger partial charge in [-0.3, -0.25) is 9.59 Å². The van der Waals surface area contributed by atoms with Crippen LogP contribution in [0.4, 0.5) is 0 Å². The highest BCUT2D eigenvalue weighted by molar-refractivity contribution is 7.07. The Balaban J connectivity index is 2.10. The number of nitrogens with one attached hydrogen (secondary N) is 2. The summed E-state index contributed by atoms with van der Waals surface area (Å²) < 4.78 is 0. The molecule has 0 bridgehead atoms. The Morgan fingerprint density at radius 3 is 2.95 bits per heavy atom. The van der Waals surface area contributed by atoms with Gasteiger partial charge in [0.25, 0.3) is 5.91 Å². The van der Waals surface area contributed by atoms with E-state index in [9.17, 15) is 9.59 Å². The van der Waals surface area contributed by atoms with Crippen LogP contribution in [-0.2, 0) is 6.54 Å². The van der Waals surface area contributed by atoms with E-state index in [1.807, 2.05) is 13.0 Å². The molecule has 0 radical (unpaired) electrons. The number of hydrogen-bond donors (Lipinski definition) is 3. The summed E-state index contributed by atoms with van der Waals surface area (Å²) in [5, 5.41) is 4.45. The van der Waals surface area contributed by atoms with Crippen LogP contribution in [0, 0.1) is 18.8 Å². The van der Waals surface area contributed by atoms with Gasteiger partial charge in [-0.1, -0.05) is 29.2 Å². The van der Waals surface area contributed by atoms with Crippen molar-refractivity contribution in [1.29, 1.82) is 0 Å². The monoisotopic (exact) mass is 301 g/mol. The van der Waals surface area contributed by atoms with Gasteiger partial charge in [0, 0.05) is 22.2 Å². The lowest BCUT2D eigenvalue weighted by atomic mass is 10.0. The quantitative estimate of drug-likeness (QED) is 0.739. The van der Waals surface area contributed by atoms with E-state index in [2.05, 4.69) is 22.1 Å². The highest BCUT2D eigenvalue weighted by Gasteiger charge is 2.07. The second-order valence-corrected chi connectivity index (χ2v) is 5.23. The smallest absolute Gasteiger partial charge is 0.304 e. The van der Waals surface area contributed by atoms with Crippen molar-refractivity contribution in [1.82, 2.24) is 10.3 Å². The fourth-order valence-corrected chi connectivity index (χ4v) is 2.30. The maximum atomic E-state index is 12.1. The molecule has 0 atom stereocenters. The predicted octanol–water partition coefficient (Wildman–Crippen LogP) is 0.985. The summed E-state index contributed by atoms with van der Waals surface area (Å²) in [6.07, 6.45) is 0. The van der Waals surface area contributed by atoms with Crippen LogP contribution in [0.15, 0.2) is 28.4 Å². The molecular weight excluding hydrogens is 286 g/mol. The van der Waals surface area contributed by atoms with Gasteiger partial charge in [0.2, 0.25) is 0 Å². The number of nitrogens with two attached hydrogens (primary N) is 1. The van der Waals surface area contributed by atoms with Crippen LogP contribution in [0.3, 0.4) is 0 Å². The summed E-state index contributed by atoms with van der Waals surface area (Å²) in [6, 6.07) is 5.33. The van der Waals surface area contributed by atoms with Gasteiger partial charge in [-0.2, -0.15) is 0 Å². The summed E-state index contributed by atoms with van der Waals surface area (Å²) >= 11 is 1.07. The van der Waals surface area contributed by atoms with E-state index >= 15 is 0 Å². The van der Waals surface area contributed by atoms with E-state index in [0.29, 0.717) is 11.3 Å². The van der Waals surface area contributed by atoms with Gasteiger partial charge in [0.15, 0.2) is 0 Å². The van der Waals surface area contributed by atoms with E-state index < -0.39 is 0 Å². The number of aryl methyl sites for hydroxylation is 1. The number of hydrogen-bond acceptors (Lipinski definition) is 4. The lowest BCUT2D eigenvalue weighted by molar-refractivity contribution is 0.0950. The van der Waals surface area contributed by atoms with Gasteiger partial charge in [-0.25, -0.2) is 0 Å². The zero-order valence-electron chi connectivity index (χ0n) is 11.5. The van der Waals surface area contributed by atoms with Crippen molar-refractivity contribution in [3.63, 3.8) is 0 Å². The van der Waals surface area contributed by atoms with Crippen LogP contribution in [0.5, 0.6) is 0 Å². The van der Waals surface area contributed by atoms with Crippen molar-refractivity contribution in [2.75, 3.05) is 6.54 Å². The van der Waals surface area contributed by atoms with Gasteiger partial charge in [0.1, 0.15) is 0 Å². The molecule has 0 aliphatic rings. The molecule has 1 amide bonds. The zero-order chi connectivity index (χ0) is 15.2. The average molecular weight is 301 g/mol. The summed E-state index contributed by atoms with van der Waals surface area (Å²) in [5.41, 5.74) is 8.36. The molecule has 1 aromatic carbocycles. The van der Waals surface area contributed by atoms with Gasteiger partial charge < -0.3 is 16.0 Å². The SMILES string of the molecule is Cc1ccc(C(=O)NCc2csc(=O)[nH]2)cc1C#CCN. The summed E-state index contributed by atoms with van der Waals surface area (Å²) in [6.45, 7) is 2.49. The molecule has 0 spiro atoms. The molecule has 5 nitrogen and oxygen atoms in total. The second kappa shape index (κ2) is 6.88. The van der Waals surface area contributed by atoms with Crippen LogP contribution < -0.4 is 15.9 Å². The fraction of sp³-hybridized carbons (Fsp3) is 0.200. The van der Waals surface area contributed by atoms with E-state index in [1.165, 1.54) is 0 Å². The van der Waals surface area contributed by atoms with E-state index in [1.54, 1.807) is 17.5 Å². The molecule has 21 heavy (non-hydrogen) atoms. The first-order valence-corrected chi connectivity index (χ1v) is 7.22. The number of carbonyl (C=O) groups excluding carboxylic acids is 1. The molecule has 0 saturated carbocycles. The Bertz CT molecular complexity index is 765. The first-order chi connectivity index (χ1) is 10.1. The van der Waals surface area contributed by atoms with E-state index in [0.717, 1.165) is 22.5 Å². The van der Waals surface area contributed by atoms with Gasteiger partial charge >= 0.3 is 4.87 Å². The van der Waals surface area contributed by atoms with Crippen molar-refractivity contribution in [2.24, 2.45) is 5.73 Å². The first kappa shape index (κ1) is 15.0. The number of amides is 1. The van der Waals surface area contributed by atoms with E-state index in [4.69, 9.17) is 5.73 Å². The minimum absolute atomic E-state index is 0.131. The highest BCUT2D eigenvalue weighted by atomic mass is 32.1. The molecule has 4 N–H and O–H groups in total. The molecule has 0 saturated heterocycles. The van der Waals surface area contributed by atoms with Gasteiger partial charge in [0.05, 0.1) is 13.1 Å². The molecule has 6 heteroatoms. The van der Waals surface area contributed by atoms with Crippen molar-refractivity contribution in [3.8, 4) is 11.8 Å². The second-order valence-electron chi connectivity index (χ2n) is 4.39. The summed E-state index contributed by atoms with van der Waals surface area (Å²) in [7, 11) is 0. The number of H-pyrrole nitrogens is 1. The van der Waals surface area contributed by atoms with E-state index in [-0.39, 0.29) is 23.9 Å². The van der Waals surface area contributed by atoms with Crippen LogP contribution in [-0.4, -0.2) is 17.4 Å². The largest absolute Gasteiger partial charge is 0.346 e. The number of rotatable bonds is 3. The molecule has 0 aliphatic carbocycles. The number of carbonyl (C=O) groups is 1. The molecular formula is C15H15N3O2S. The molecule has 1 aromatic heterocycles. The number of benzene rings is 1. The maximum absolute atomic E-state index is 12.1. The lowest BCUT2D eigenvalue weighted by Crippen LogP contribution is -2.23. The van der Waals surface area contributed by atoms with Crippen molar-refractivity contribution < 1.29 is 4.79 Å². The lowest BCUT2D eigenvalue weighted by Gasteiger charge is -2.06. The Labute approximate surface area is 126 Å². The molecule has 0 unspecified atom stereocenters. The number of aromatic amines is 1. The molecule has 2 aromatic rings. The number of aromatic nitrogens is 1. The van der Waals surface area contributed by atoms with Crippen LogP contribution in [0.1, 0.15) is 27.2 Å². The fourth-order valence-electron chi connectivity index (χ4n) is 1.72. The Hall–Kier alpha value is -2.36. The molecule has 0 aliphatic heterocycles. The third-order valence-corrected chi connectivity index (χ3v) is 3.55. The van der Waals surface area contributed by atoms with Crippen molar-refractivity contribution in [3.05, 3.63) is 55.6 Å². The predicted molar refractivity (Wildman–Crippen MR) is 83.2 cm³/mol. The minimum Gasteiger partial charge on any atom is -0.346 e.